The van der Waals surface area contributed by atoms with Crippen LogP contribution in [0.15, 0.2) is 63.8 Å². The zero-order valence-electron chi connectivity index (χ0n) is 23.7. The number of nitrogens with zero attached hydrogens (tertiary/aromatic N) is 1. The van der Waals surface area contributed by atoms with Gasteiger partial charge in [0.1, 0.15) is 11.3 Å². The summed E-state index contributed by atoms with van der Waals surface area (Å²) in [6.07, 6.45) is 1.46. The Hall–Kier alpha value is -4.26. The molecule has 1 aliphatic rings. The Labute approximate surface area is 234 Å². The summed E-state index contributed by atoms with van der Waals surface area (Å²) in [4.78, 5) is 29.7. The summed E-state index contributed by atoms with van der Waals surface area (Å²) >= 11 is 0. The number of fused-ring (bicyclic) bond motifs is 2. The van der Waals surface area contributed by atoms with Gasteiger partial charge >= 0.3 is 0 Å². The van der Waals surface area contributed by atoms with Gasteiger partial charge in [0, 0.05) is 6.54 Å². The maximum atomic E-state index is 14.1. The van der Waals surface area contributed by atoms with E-state index in [1.54, 1.807) is 12.0 Å². The molecule has 0 bridgehead atoms. The number of hydrogen-bond donors (Lipinski definition) is 0. The van der Waals surface area contributed by atoms with Crippen LogP contribution in [-0.4, -0.2) is 37.7 Å². The first-order valence-electron chi connectivity index (χ1n) is 13.8. The molecule has 4 aromatic rings. The van der Waals surface area contributed by atoms with Crippen molar-refractivity contribution >= 4 is 16.9 Å². The molecule has 1 aliphatic heterocycles. The van der Waals surface area contributed by atoms with Crippen molar-refractivity contribution in [1.82, 2.24) is 4.90 Å². The van der Waals surface area contributed by atoms with Crippen LogP contribution in [0.5, 0.6) is 17.2 Å². The van der Waals surface area contributed by atoms with Gasteiger partial charge in [0.05, 0.1) is 37.3 Å². The number of benzene rings is 3. The lowest BCUT2D eigenvalue weighted by atomic mass is 9.96. The highest BCUT2D eigenvalue weighted by Crippen LogP contribution is 2.41. The van der Waals surface area contributed by atoms with Crippen LogP contribution in [0.2, 0.25) is 0 Å². The molecule has 1 unspecified atom stereocenters. The molecular weight excluding hydrogens is 506 g/mol. The zero-order chi connectivity index (χ0) is 28.4. The van der Waals surface area contributed by atoms with Crippen molar-refractivity contribution in [3.05, 3.63) is 98.4 Å². The second kappa shape index (κ2) is 11.5. The Balaban J connectivity index is 1.63. The summed E-state index contributed by atoms with van der Waals surface area (Å²) in [6, 6.07) is 16.6. The molecule has 3 aromatic carbocycles. The van der Waals surface area contributed by atoms with E-state index in [9.17, 15) is 9.59 Å². The van der Waals surface area contributed by atoms with E-state index in [0.29, 0.717) is 54.2 Å². The van der Waals surface area contributed by atoms with Gasteiger partial charge in [-0.2, -0.15) is 0 Å². The van der Waals surface area contributed by atoms with E-state index < -0.39 is 6.04 Å². The summed E-state index contributed by atoms with van der Waals surface area (Å²) in [5.74, 6) is 1.80. The predicted octanol–water partition coefficient (Wildman–Crippen LogP) is 6.39. The first-order valence-corrected chi connectivity index (χ1v) is 13.8. The second-order valence-electron chi connectivity index (χ2n) is 10.1. The molecule has 1 amide bonds. The highest BCUT2D eigenvalue weighted by atomic mass is 16.5. The maximum absolute atomic E-state index is 14.1. The van der Waals surface area contributed by atoms with Gasteiger partial charge in [0.15, 0.2) is 16.9 Å². The van der Waals surface area contributed by atoms with Gasteiger partial charge in [0.25, 0.3) is 5.91 Å². The van der Waals surface area contributed by atoms with Crippen LogP contribution in [0, 0.1) is 13.8 Å². The summed E-state index contributed by atoms with van der Waals surface area (Å²) < 4.78 is 23.3. The molecule has 0 N–H and O–H groups in total. The van der Waals surface area contributed by atoms with Crippen LogP contribution in [-0.2, 0) is 6.42 Å². The van der Waals surface area contributed by atoms with Gasteiger partial charge in [-0.1, -0.05) is 31.2 Å². The van der Waals surface area contributed by atoms with Gasteiger partial charge in [-0.15, -0.1) is 0 Å². The lowest BCUT2D eigenvalue weighted by Gasteiger charge is -2.26. The third-order valence-electron chi connectivity index (χ3n) is 7.26. The molecule has 7 nitrogen and oxygen atoms in total. The standard InChI is InChI=1S/C33H35NO6/c1-6-16-39-25-13-10-23(19-26(25)38-7-2)30-29-31(35)28-21(4)17-20(3)18-27(28)40-32(29)33(36)34(30)15-14-22-8-11-24(37-5)12-9-22/h8-13,17-19,30H,6-7,14-16H2,1-5H3. The maximum Gasteiger partial charge on any atom is 0.290 e. The van der Waals surface area contributed by atoms with Gasteiger partial charge in [0.2, 0.25) is 5.76 Å². The SMILES string of the molecule is CCCOc1ccc(C2c3c(oc4cc(C)cc(C)c4c3=O)C(=O)N2CCc2ccc(OC)cc2)cc1OCC. The van der Waals surface area contributed by atoms with Crippen LogP contribution in [0.3, 0.4) is 0 Å². The van der Waals surface area contributed by atoms with Crippen LogP contribution >= 0.6 is 0 Å². The van der Waals surface area contributed by atoms with Crippen molar-refractivity contribution in [3.8, 4) is 17.2 Å². The zero-order valence-corrected chi connectivity index (χ0v) is 23.7. The number of carbonyl (C=O) groups is 1. The number of hydrogen-bond acceptors (Lipinski definition) is 6. The van der Waals surface area contributed by atoms with Crippen molar-refractivity contribution in [2.24, 2.45) is 0 Å². The molecule has 0 aliphatic carbocycles. The molecular formula is C33H35NO6. The monoisotopic (exact) mass is 541 g/mol. The van der Waals surface area contributed by atoms with Gasteiger partial charge < -0.3 is 23.5 Å². The van der Waals surface area contributed by atoms with E-state index in [1.165, 1.54) is 0 Å². The molecule has 40 heavy (non-hydrogen) atoms. The number of rotatable bonds is 10. The first-order chi connectivity index (χ1) is 19.4. The fraction of sp³-hybridized carbons (Fsp3) is 0.333. The molecule has 0 radical (unpaired) electrons. The molecule has 0 saturated heterocycles. The smallest absolute Gasteiger partial charge is 0.290 e. The number of ether oxygens (including phenoxy) is 3. The molecule has 7 heteroatoms. The average Bonchev–Trinajstić information content (AvgIpc) is 3.22. The number of aryl methyl sites for hydroxylation is 2. The minimum absolute atomic E-state index is 0.103. The topological polar surface area (TPSA) is 78.2 Å². The van der Waals surface area contributed by atoms with Crippen molar-refractivity contribution in [3.63, 3.8) is 0 Å². The minimum atomic E-state index is -0.624. The molecule has 0 fully saturated rings. The van der Waals surface area contributed by atoms with Crippen LogP contribution in [0.4, 0.5) is 0 Å². The fourth-order valence-electron chi connectivity index (χ4n) is 5.43. The highest BCUT2D eigenvalue weighted by molar-refractivity contribution is 5.99. The number of carbonyl (C=O) groups excluding carboxylic acids is 1. The van der Waals surface area contributed by atoms with Crippen molar-refractivity contribution in [1.29, 1.82) is 0 Å². The average molecular weight is 542 g/mol. The molecule has 5 rings (SSSR count). The van der Waals surface area contributed by atoms with Gasteiger partial charge in [-0.25, -0.2) is 0 Å². The Kier molecular flexibility index (Phi) is 7.83. The molecule has 1 aromatic heterocycles. The largest absolute Gasteiger partial charge is 0.497 e. The van der Waals surface area contributed by atoms with E-state index in [4.69, 9.17) is 18.6 Å². The molecule has 0 spiro atoms. The fourth-order valence-corrected chi connectivity index (χ4v) is 5.43. The van der Waals surface area contributed by atoms with Gasteiger partial charge in [-0.05, 0) is 86.2 Å². The Bertz CT molecular complexity index is 1600. The second-order valence-corrected chi connectivity index (χ2v) is 10.1. The lowest BCUT2D eigenvalue weighted by molar-refractivity contribution is 0.0729. The highest BCUT2D eigenvalue weighted by Gasteiger charge is 2.43. The number of methoxy groups -OCH3 is 1. The first kappa shape index (κ1) is 27.3. The third kappa shape index (κ3) is 5.04. The van der Waals surface area contributed by atoms with E-state index in [-0.39, 0.29) is 17.1 Å². The lowest BCUT2D eigenvalue weighted by Crippen LogP contribution is -2.31. The Morgan fingerprint density at radius 2 is 1.70 bits per heavy atom. The molecule has 208 valence electrons. The Morgan fingerprint density at radius 3 is 2.40 bits per heavy atom. The van der Waals surface area contributed by atoms with Crippen molar-refractivity contribution < 1.29 is 23.4 Å². The predicted molar refractivity (Wildman–Crippen MR) is 155 cm³/mol. The van der Waals surface area contributed by atoms with Gasteiger partial charge in [-0.3, -0.25) is 9.59 Å². The normalized spacial score (nSPS) is 14.5. The summed E-state index contributed by atoms with van der Waals surface area (Å²) in [5.41, 5.74) is 4.24. The molecule has 0 saturated carbocycles. The summed E-state index contributed by atoms with van der Waals surface area (Å²) in [7, 11) is 1.63. The number of amides is 1. The third-order valence-corrected chi connectivity index (χ3v) is 7.26. The van der Waals surface area contributed by atoms with Crippen LogP contribution < -0.4 is 19.6 Å². The van der Waals surface area contributed by atoms with Crippen molar-refractivity contribution in [2.45, 2.75) is 46.6 Å². The summed E-state index contributed by atoms with van der Waals surface area (Å²) in [5, 5.41) is 0.507. The van der Waals surface area contributed by atoms with Crippen LogP contribution in [0.25, 0.3) is 11.0 Å². The minimum Gasteiger partial charge on any atom is -0.497 e. The van der Waals surface area contributed by atoms with E-state index >= 15 is 0 Å². The van der Waals surface area contributed by atoms with E-state index in [1.807, 2.05) is 82.3 Å². The van der Waals surface area contributed by atoms with Crippen molar-refractivity contribution in [2.75, 3.05) is 26.9 Å². The Morgan fingerprint density at radius 1 is 0.925 bits per heavy atom. The van der Waals surface area contributed by atoms with Crippen LogP contribution in [0.1, 0.15) is 64.7 Å². The summed E-state index contributed by atoms with van der Waals surface area (Å²) in [6.45, 7) is 9.22. The van der Waals surface area contributed by atoms with E-state index in [0.717, 1.165) is 34.4 Å². The molecule has 2 heterocycles. The quantitative estimate of drug-likeness (QED) is 0.231. The van der Waals surface area contributed by atoms with E-state index in [2.05, 4.69) is 0 Å². The molecule has 1 atom stereocenters.